The van der Waals surface area contributed by atoms with Crippen molar-refractivity contribution in [3.05, 3.63) is 76.2 Å². The molecule has 0 bridgehead atoms. The molecule has 4 rings (SSSR count). The number of rotatable bonds is 7. The molecule has 1 atom stereocenters. The molecule has 3 aromatic rings. The predicted molar refractivity (Wildman–Crippen MR) is 120 cm³/mol. The largest absolute Gasteiger partial charge is 0.379 e. The van der Waals surface area contributed by atoms with E-state index in [2.05, 4.69) is 15.3 Å². The molecule has 162 valence electrons. The van der Waals surface area contributed by atoms with Crippen LogP contribution in [0.15, 0.2) is 59.4 Å². The van der Waals surface area contributed by atoms with Crippen LogP contribution < -0.4 is 10.9 Å². The van der Waals surface area contributed by atoms with E-state index in [1.807, 2.05) is 49.4 Å². The highest BCUT2D eigenvalue weighted by Crippen LogP contribution is 2.14. The number of amides is 1. The molecule has 1 N–H and O–H groups in total. The number of morpholine rings is 1. The number of ether oxygens (including phenoxy) is 1. The van der Waals surface area contributed by atoms with Crippen molar-refractivity contribution in [3.63, 3.8) is 0 Å². The van der Waals surface area contributed by atoms with E-state index in [-0.39, 0.29) is 23.2 Å². The second-order valence-corrected chi connectivity index (χ2v) is 7.96. The monoisotopic (exact) mass is 420 g/mol. The average Bonchev–Trinajstić information content (AvgIpc) is 2.81. The summed E-state index contributed by atoms with van der Waals surface area (Å²) in [5, 5.41) is 8.61. The number of fused-ring (bicyclic) bond motifs is 1. The molecule has 1 saturated heterocycles. The van der Waals surface area contributed by atoms with E-state index in [1.54, 1.807) is 12.1 Å². The van der Waals surface area contributed by atoms with Crippen molar-refractivity contribution in [1.82, 2.24) is 20.0 Å². The van der Waals surface area contributed by atoms with Crippen LogP contribution in [0.4, 0.5) is 0 Å². The lowest BCUT2D eigenvalue weighted by Crippen LogP contribution is -2.41. The fraction of sp³-hybridized carbons (Fsp3) is 0.375. The highest BCUT2D eigenvalue weighted by Gasteiger charge is 2.19. The second kappa shape index (κ2) is 9.85. The fourth-order valence-corrected chi connectivity index (χ4v) is 3.83. The van der Waals surface area contributed by atoms with Gasteiger partial charge in [0.2, 0.25) is 0 Å². The van der Waals surface area contributed by atoms with Crippen molar-refractivity contribution >= 4 is 16.7 Å². The van der Waals surface area contributed by atoms with Crippen LogP contribution >= 0.6 is 0 Å². The number of carbonyl (C=O) groups excluding carboxylic acids is 1. The zero-order chi connectivity index (χ0) is 21.6. The zero-order valence-corrected chi connectivity index (χ0v) is 17.8. The summed E-state index contributed by atoms with van der Waals surface area (Å²) in [6, 6.07) is 16.8. The van der Waals surface area contributed by atoms with Gasteiger partial charge in [-0.2, -0.15) is 5.10 Å². The van der Waals surface area contributed by atoms with Crippen molar-refractivity contribution in [3.8, 4) is 0 Å². The molecule has 0 aliphatic carbocycles. The third-order valence-electron chi connectivity index (χ3n) is 5.62. The molecular formula is C24H28N4O3. The maximum atomic E-state index is 13.1. The molecule has 0 radical (unpaired) electrons. The summed E-state index contributed by atoms with van der Waals surface area (Å²) in [6.45, 7) is 6.61. The first-order valence-corrected chi connectivity index (χ1v) is 10.8. The Hall–Kier alpha value is -3.03. The van der Waals surface area contributed by atoms with Crippen LogP contribution in [0.5, 0.6) is 0 Å². The lowest BCUT2D eigenvalue weighted by atomic mass is 10.1. The van der Waals surface area contributed by atoms with E-state index < -0.39 is 0 Å². The van der Waals surface area contributed by atoms with Gasteiger partial charge in [0.1, 0.15) is 0 Å². The van der Waals surface area contributed by atoms with Gasteiger partial charge in [0.15, 0.2) is 5.69 Å². The highest BCUT2D eigenvalue weighted by molar-refractivity contribution is 6.04. The number of benzene rings is 2. The number of hydrogen-bond acceptors (Lipinski definition) is 5. The minimum absolute atomic E-state index is 0.00888. The van der Waals surface area contributed by atoms with Gasteiger partial charge >= 0.3 is 0 Å². The molecule has 1 unspecified atom stereocenters. The molecule has 7 nitrogen and oxygen atoms in total. The normalized spacial score (nSPS) is 15.6. The Morgan fingerprint density at radius 2 is 1.74 bits per heavy atom. The van der Waals surface area contributed by atoms with E-state index in [9.17, 15) is 9.59 Å². The first kappa shape index (κ1) is 21.2. The van der Waals surface area contributed by atoms with Crippen molar-refractivity contribution < 1.29 is 9.53 Å². The molecule has 2 heterocycles. The van der Waals surface area contributed by atoms with Crippen LogP contribution in [0, 0.1) is 0 Å². The number of carbonyl (C=O) groups is 1. The smallest absolute Gasteiger partial charge is 0.274 e. The molecule has 0 saturated carbocycles. The average molecular weight is 421 g/mol. The molecular weight excluding hydrogens is 392 g/mol. The molecule has 1 aromatic heterocycles. The molecule has 7 heteroatoms. The molecule has 1 aliphatic heterocycles. The standard InChI is InChI=1S/C24H28N4O3/c1-18(11-12-27-13-15-31-16-14-27)25-23(29)22-20-9-5-6-10-21(20)24(30)28(26-22)17-19-7-3-2-4-8-19/h2-10,18H,11-17H2,1H3,(H,25,29). The van der Waals surface area contributed by atoms with E-state index in [0.717, 1.165) is 44.8 Å². The Balaban J connectivity index is 1.54. The lowest BCUT2D eigenvalue weighted by Gasteiger charge is -2.27. The van der Waals surface area contributed by atoms with Crippen LogP contribution in [0.2, 0.25) is 0 Å². The fourth-order valence-electron chi connectivity index (χ4n) is 3.83. The quantitative estimate of drug-likeness (QED) is 0.635. The summed E-state index contributed by atoms with van der Waals surface area (Å²) in [7, 11) is 0. The number of hydrogen-bond donors (Lipinski definition) is 1. The minimum atomic E-state index is -0.257. The summed E-state index contributed by atoms with van der Waals surface area (Å²) < 4.78 is 6.77. The van der Waals surface area contributed by atoms with Gasteiger partial charge in [-0.3, -0.25) is 14.5 Å². The van der Waals surface area contributed by atoms with E-state index in [0.29, 0.717) is 17.3 Å². The van der Waals surface area contributed by atoms with Crippen LogP contribution in [0.1, 0.15) is 29.4 Å². The first-order chi connectivity index (χ1) is 15.1. The molecule has 31 heavy (non-hydrogen) atoms. The van der Waals surface area contributed by atoms with Gasteiger partial charge in [-0.15, -0.1) is 0 Å². The molecule has 2 aromatic carbocycles. The van der Waals surface area contributed by atoms with Gasteiger partial charge in [-0.05, 0) is 25.0 Å². The zero-order valence-electron chi connectivity index (χ0n) is 17.8. The highest BCUT2D eigenvalue weighted by atomic mass is 16.5. The van der Waals surface area contributed by atoms with Gasteiger partial charge < -0.3 is 10.1 Å². The first-order valence-electron chi connectivity index (χ1n) is 10.8. The summed E-state index contributed by atoms with van der Waals surface area (Å²) in [5.74, 6) is -0.257. The van der Waals surface area contributed by atoms with E-state index >= 15 is 0 Å². The third kappa shape index (κ3) is 5.18. The predicted octanol–water partition coefficient (Wildman–Crippen LogP) is 2.29. The van der Waals surface area contributed by atoms with Crippen LogP contribution in [-0.4, -0.2) is 59.5 Å². The number of aromatic nitrogens is 2. The summed E-state index contributed by atoms with van der Waals surface area (Å²) >= 11 is 0. The number of nitrogens with one attached hydrogen (secondary N) is 1. The Labute approximate surface area is 181 Å². The third-order valence-corrected chi connectivity index (χ3v) is 5.62. The number of nitrogens with zero attached hydrogens (tertiary/aromatic N) is 3. The van der Waals surface area contributed by atoms with Crippen molar-refractivity contribution in [2.45, 2.75) is 25.9 Å². The summed E-state index contributed by atoms with van der Waals surface area (Å²) in [5.41, 5.74) is 1.04. The van der Waals surface area contributed by atoms with Gasteiger partial charge in [0.25, 0.3) is 11.5 Å². The van der Waals surface area contributed by atoms with Crippen molar-refractivity contribution in [2.24, 2.45) is 0 Å². The van der Waals surface area contributed by atoms with E-state index in [4.69, 9.17) is 4.74 Å². The summed E-state index contributed by atoms with van der Waals surface area (Å²) in [4.78, 5) is 28.4. The van der Waals surface area contributed by atoms with Crippen LogP contribution in [-0.2, 0) is 11.3 Å². The molecule has 0 spiro atoms. The maximum absolute atomic E-state index is 13.1. The minimum Gasteiger partial charge on any atom is -0.379 e. The van der Waals surface area contributed by atoms with Gasteiger partial charge in [0, 0.05) is 31.1 Å². The maximum Gasteiger partial charge on any atom is 0.274 e. The van der Waals surface area contributed by atoms with Crippen molar-refractivity contribution in [1.29, 1.82) is 0 Å². The van der Waals surface area contributed by atoms with Crippen LogP contribution in [0.3, 0.4) is 0 Å². The van der Waals surface area contributed by atoms with Gasteiger partial charge in [-0.1, -0.05) is 48.5 Å². The Bertz CT molecular complexity index is 1090. The SMILES string of the molecule is CC(CCN1CCOCC1)NC(=O)c1nn(Cc2ccccc2)c(=O)c2ccccc12. The second-order valence-electron chi connectivity index (χ2n) is 7.96. The molecule has 1 aliphatic rings. The lowest BCUT2D eigenvalue weighted by molar-refractivity contribution is 0.0363. The van der Waals surface area contributed by atoms with E-state index in [1.165, 1.54) is 4.68 Å². The van der Waals surface area contributed by atoms with Crippen LogP contribution in [0.25, 0.3) is 10.8 Å². The Kier molecular flexibility index (Phi) is 6.74. The Morgan fingerprint density at radius 3 is 2.48 bits per heavy atom. The molecule has 1 amide bonds. The summed E-state index contributed by atoms with van der Waals surface area (Å²) in [6.07, 6.45) is 0.841. The van der Waals surface area contributed by atoms with Gasteiger partial charge in [0.05, 0.1) is 25.1 Å². The van der Waals surface area contributed by atoms with Gasteiger partial charge in [-0.25, -0.2) is 4.68 Å². The topological polar surface area (TPSA) is 76.5 Å². The van der Waals surface area contributed by atoms with Crippen molar-refractivity contribution in [2.75, 3.05) is 32.8 Å². The Morgan fingerprint density at radius 1 is 1.06 bits per heavy atom. The molecule has 1 fully saturated rings.